The van der Waals surface area contributed by atoms with Gasteiger partial charge in [-0.05, 0) is 39.7 Å². The van der Waals surface area contributed by atoms with Crippen molar-refractivity contribution < 1.29 is 9.90 Å². The van der Waals surface area contributed by atoms with Crippen molar-refractivity contribution in [2.24, 2.45) is 5.92 Å². The predicted molar refractivity (Wildman–Crippen MR) is 77.9 cm³/mol. The number of amides is 1. The van der Waals surface area contributed by atoms with Crippen LogP contribution in [0.2, 0.25) is 0 Å². The molecule has 0 aliphatic heterocycles. The molecule has 0 aromatic heterocycles. The number of hydrogen-bond donors (Lipinski definition) is 1. The molecule has 110 valence electrons. The summed E-state index contributed by atoms with van der Waals surface area (Å²) in [6.07, 6.45) is 2.89. The molecule has 1 saturated carbocycles. The van der Waals surface area contributed by atoms with Crippen LogP contribution in [0.5, 0.6) is 0 Å². The maximum Gasteiger partial charge on any atom is 0.237 e. The average Bonchev–Trinajstić information content (AvgIpc) is 2.71. The molecule has 4 heteroatoms. The molecule has 1 aliphatic carbocycles. The second-order valence-corrected chi connectivity index (χ2v) is 5.82. The Hall–Kier alpha value is -0.870. The molecule has 0 heterocycles. The third kappa shape index (κ3) is 5.33. The van der Waals surface area contributed by atoms with Crippen LogP contribution in [-0.4, -0.2) is 60.1 Å². The first-order chi connectivity index (χ1) is 8.93. The lowest BCUT2D eigenvalue weighted by molar-refractivity contribution is -0.131. The third-order valence-corrected chi connectivity index (χ3v) is 3.77. The lowest BCUT2D eigenvalue weighted by atomic mass is 10.1. The molecule has 1 fully saturated rings. The van der Waals surface area contributed by atoms with Crippen molar-refractivity contribution in [2.45, 2.75) is 39.2 Å². The summed E-state index contributed by atoms with van der Waals surface area (Å²) in [6.45, 7) is 10.4. The van der Waals surface area contributed by atoms with E-state index in [0.717, 1.165) is 31.4 Å². The van der Waals surface area contributed by atoms with Crippen molar-refractivity contribution >= 4 is 5.91 Å². The van der Waals surface area contributed by atoms with E-state index in [4.69, 9.17) is 0 Å². The van der Waals surface area contributed by atoms with E-state index in [1.807, 2.05) is 30.7 Å². The number of carbonyl (C=O) groups is 1. The molecule has 1 N–H and O–H groups in total. The van der Waals surface area contributed by atoms with Gasteiger partial charge in [-0.1, -0.05) is 18.6 Å². The number of likely N-dealkylation sites (N-methyl/N-ethyl adjacent to an activating group) is 2. The van der Waals surface area contributed by atoms with Crippen molar-refractivity contribution in [3.05, 3.63) is 12.2 Å². The fourth-order valence-electron chi connectivity index (χ4n) is 2.73. The van der Waals surface area contributed by atoms with Crippen molar-refractivity contribution in [2.75, 3.05) is 33.2 Å². The molecule has 1 aliphatic rings. The van der Waals surface area contributed by atoms with Crippen LogP contribution in [-0.2, 0) is 4.79 Å². The van der Waals surface area contributed by atoms with Gasteiger partial charge < -0.3 is 10.0 Å². The number of nitrogens with zero attached hydrogens (tertiary/aromatic N) is 2. The second kappa shape index (κ2) is 7.65. The predicted octanol–water partition coefficient (Wildman–Crippen LogP) is 1.50. The number of aliphatic hydroxyl groups excluding tert-OH is 1. The zero-order chi connectivity index (χ0) is 14.4. The van der Waals surface area contributed by atoms with Crippen LogP contribution in [0, 0.1) is 5.92 Å². The zero-order valence-corrected chi connectivity index (χ0v) is 12.6. The van der Waals surface area contributed by atoms with Crippen LogP contribution in [0.4, 0.5) is 0 Å². The maximum atomic E-state index is 12.2. The number of rotatable bonds is 7. The van der Waals surface area contributed by atoms with Gasteiger partial charge in [0.05, 0.1) is 12.6 Å². The summed E-state index contributed by atoms with van der Waals surface area (Å²) in [4.78, 5) is 16.0. The molecule has 2 unspecified atom stereocenters. The third-order valence-electron chi connectivity index (χ3n) is 3.77. The molecule has 0 aromatic rings. The molecule has 0 radical (unpaired) electrons. The van der Waals surface area contributed by atoms with Gasteiger partial charge in [0.2, 0.25) is 5.91 Å². The van der Waals surface area contributed by atoms with Crippen LogP contribution in [0.3, 0.4) is 0 Å². The molecular formula is C15H28N2O2. The monoisotopic (exact) mass is 268 g/mol. The summed E-state index contributed by atoms with van der Waals surface area (Å²) in [5, 5.41) is 9.81. The van der Waals surface area contributed by atoms with E-state index < -0.39 is 0 Å². The van der Waals surface area contributed by atoms with Crippen LogP contribution in [0.25, 0.3) is 0 Å². The Bertz CT molecular complexity index is 317. The molecular weight excluding hydrogens is 240 g/mol. The lowest BCUT2D eigenvalue weighted by Gasteiger charge is -2.26. The first-order valence-corrected chi connectivity index (χ1v) is 7.22. The Balaban J connectivity index is 2.39. The smallest absolute Gasteiger partial charge is 0.237 e. The van der Waals surface area contributed by atoms with Gasteiger partial charge in [-0.3, -0.25) is 9.69 Å². The topological polar surface area (TPSA) is 43.8 Å². The highest BCUT2D eigenvalue weighted by Crippen LogP contribution is 2.25. The lowest BCUT2D eigenvalue weighted by Crippen LogP contribution is -2.41. The molecule has 1 rings (SSSR count). The maximum absolute atomic E-state index is 12.2. The van der Waals surface area contributed by atoms with Gasteiger partial charge >= 0.3 is 0 Å². The highest BCUT2D eigenvalue weighted by Gasteiger charge is 2.26. The van der Waals surface area contributed by atoms with Gasteiger partial charge in [-0.15, -0.1) is 0 Å². The van der Waals surface area contributed by atoms with E-state index in [9.17, 15) is 9.90 Å². The Labute approximate surface area is 117 Å². The standard InChI is InChI=1S/C15H28N2O2/c1-5-17(9-12(2)3)15(19)11-16(4)10-13-7-6-8-14(13)18/h13-14,18H,2,5-11H2,1,3-4H3. The van der Waals surface area contributed by atoms with Crippen LogP contribution in [0.1, 0.15) is 33.1 Å². The Morgan fingerprint density at radius 2 is 2.05 bits per heavy atom. The molecule has 1 amide bonds. The summed E-state index contributed by atoms with van der Waals surface area (Å²) >= 11 is 0. The van der Waals surface area contributed by atoms with Crippen LogP contribution >= 0.6 is 0 Å². The molecule has 0 bridgehead atoms. The SMILES string of the molecule is C=C(C)CN(CC)C(=O)CN(C)CC1CCCC1O. The van der Waals surface area contributed by atoms with E-state index in [0.29, 0.717) is 25.6 Å². The van der Waals surface area contributed by atoms with E-state index >= 15 is 0 Å². The van der Waals surface area contributed by atoms with Crippen LogP contribution in [0.15, 0.2) is 12.2 Å². The fraction of sp³-hybridized carbons (Fsp3) is 0.800. The average molecular weight is 268 g/mol. The number of hydrogen-bond acceptors (Lipinski definition) is 3. The van der Waals surface area contributed by atoms with Crippen LogP contribution < -0.4 is 0 Å². The first kappa shape index (κ1) is 16.2. The molecule has 19 heavy (non-hydrogen) atoms. The quantitative estimate of drug-likeness (QED) is 0.712. The summed E-state index contributed by atoms with van der Waals surface area (Å²) in [7, 11) is 1.96. The Morgan fingerprint density at radius 3 is 2.53 bits per heavy atom. The number of carbonyl (C=O) groups excluding carboxylic acids is 1. The largest absolute Gasteiger partial charge is 0.393 e. The minimum atomic E-state index is -0.185. The second-order valence-electron chi connectivity index (χ2n) is 5.82. The highest BCUT2D eigenvalue weighted by molar-refractivity contribution is 5.78. The first-order valence-electron chi connectivity index (χ1n) is 7.22. The van der Waals surface area contributed by atoms with Gasteiger partial charge in [0, 0.05) is 19.6 Å². The van der Waals surface area contributed by atoms with Crippen molar-refractivity contribution in [3.63, 3.8) is 0 Å². The normalized spacial score (nSPS) is 22.8. The van der Waals surface area contributed by atoms with Crippen molar-refractivity contribution in [1.29, 1.82) is 0 Å². The van der Waals surface area contributed by atoms with Crippen molar-refractivity contribution in [1.82, 2.24) is 9.80 Å². The molecule has 0 spiro atoms. The van der Waals surface area contributed by atoms with E-state index in [-0.39, 0.29) is 12.0 Å². The summed E-state index contributed by atoms with van der Waals surface area (Å²) < 4.78 is 0. The highest BCUT2D eigenvalue weighted by atomic mass is 16.3. The summed E-state index contributed by atoms with van der Waals surface area (Å²) in [5.74, 6) is 0.467. The summed E-state index contributed by atoms with van der Waals surface area (Å²) in [5.41, 5.74) is 1.00. The van der Waals surface area contributed by atoms with E-state index in [1.165, 1.54) is 0 Å². The fourth-order valence-corrected chi connectivity index (χ4v) is 2.73. The van der Waals surface area contributed by atoms with Gasteiger partial charge in [-0.25, -0.2) is 0 Å². The van der Waals surface area contributed by atoms with Gasteiger partial charge in [0.25, 0.3) is 0 Å². The van der Waals surface area contributed by atoms with Gasteiger partial charge in [0.15, 0.2) is 0 Å². The minimum absolute atomic E-state index is 0.139. The molecule has 4 nitrogen and oxygen atoms in total. The number of aliphatic hydroxyl groups is 1. The summed E-state index contributed by atoms with van der Waals surface area (Å²) in [6, 6.07) is 0. The molecule has 2 atom stereocenters. The zero-order valence-electron chi connectivity index (χ0n) is 12.6. The Morgan fingerprint density at radius 1 is 1.37 bits per heavy atom. The van der Waals surface area contributed by atoms with E-state index in [2.05, 4.69) is 6.58 Å². The Kier molecular flexibility index (Phi) is 6.52. The van der Waals surface area contributed by atoms with Crippen molar-refractivity contribution in [3.8, 4) is 0 Å². The molecule has 0 aromatic carbocycles. The minimum Gasteiger partial charge on any atom is -0.393 e. The van der Waals surface area contributed by atoms with Gasteiger partial charge in [0.1, 0.15) is 0 Å². The van der Waals surface area contributed by atoms with E-state index in [1.54, 1.807) is 0 Å². The van der Waals surface area contributed by atoms with Gasteiger partial charge in [-0.2, -0.15) is 0 Å². The molecule has 0 saturated heterocycles.